The molecule has 0 aromatic carbocycles. The van der Waals surface area contributed by atoms with E-state index in [0.717, 1.165) is 0 Å². The molecule has 1 amide bonds. The number of alkyl halides is 3. The zero-order valence-corrected chi connectivity index (χ0v) is 11.4. The summed E-state index contributed by atoms with van der Waals surface area (Å²) in [5.74, 6) is -0.233. The predicted octanol–water partition coefficient (Wildman–Crippen LogP) is 0.261. The van der Waals surface area contributed by atoms with Gasteiger partial charge in [0.15, 0.2) is 0 Å². The number of halogens is 3. The van der Waals surface area contributed by atoms with Gasteiger partial charge in [-0.1, -0.05) is 6.92 Å². The van der Waals surface area contributed by atoms with Gasteiger partial charge in [0.25, 0.3) is 0 Å². The Morgan fingerprint density at radius 2 is 2.10 bits per heavy atom. The number of aliphatic hydroxyl groups excluding tert-OH is 2. The molecule has 0 aromatic rings. The van der Waals surface area contributed by atoms with Gasteiger partial charge < -0.3 is 15.5 Å². The number of nitrogens with zero attached hydrogens (tertiary/aromatic N) is 1. The minimum Gasteiger partial charge on any atom is -0.395 e. The van der Waals surface area contributed by atoms with E-state index in [1.165, 1.54) is 0 Å². The lowest BCUT2D eigenvalue weighted by Crippen LogP contribution is -2.45. The van der Waals surface area contributed by atoms with Crippen LogP contribution in [-0.2, 0) is 4.79 Å². The van der Waals surface area contributed by atoms with Crippen LogP contribution in [0.15, 0.2) is 0 Å². The molecule has 1 rings (SSSR count). The molecule has 3 N–H and O–H groups in total. The molecule has 1 heterocycles. The maximum atomic E-state index is 12.1. The van der Waals surface area contributed by atoms with Gasteiger partial charge in [-0.3, -0.25) is 9.69 Å². The molecular weight excluding hydrogens is 277 g/mol. The highest BCUT2D eigenvalue weighted by Gasteiger charge is 2.41. The van der Waals surface area contributed by atoms with Gasteiger partial charge in [0.1, 0.15) is 0 Å². The Bertz CT molecular complexity index is 326. The van der Waals surface area contributed by atoms with Crippen LogP contribution >= 0.6 is 0 Å². The Morgan fingerprint density at radius 3 is 2.60 bits per heavy atom. The monoisotopic (exact) mass is 298 g/mol. The van der Waals surface area contributed by atoms with Crippen molar-refractivity contribution in [1.82, 2.24) is 10.2 Å². The van der Waals surface area contributed by atoms with Crippen molar-refractivity contribution >= 4 is 5.91 Å². The van der Waals surface area contributed by atoms with Gasteiger partial charge >= 0.3 is 6.18 Å². The van der Waals surface area contributed by atoms with Crippen LogP contribution < -0.4 is 5.32 Å². The first-order valence-corrected chi connectivity index (χ1v) is 6.67. The number of nitrogens with one attached hydrogen (secondary N) is 1. The third kappa shape index (κ3) is 4.92. The van der Waals surface area contributed by atoms with Crippen molar-refractivity contribution in [1.29, 1.82) is 0 Å². The van der Waals surface area contributed by atoms with Gasteiger partial charge in [-0.2, -0.15) is 13.2 Å². The van der Waals surface area contributed by atoms with E-state index >= 15 is 0 Å². The summed E-state index contributed by atoms with van der Waals surface area (Å²) in [6.45, 7) is 1.68. The molecule has 1 aliphatic heterocycles. The summed E-state index contributed by atoms with van der Waals surface area (Å²) >= 11 is 0. The molecule has 8 heteroatoms. The van der Waals surface area contributed by atoms with Crippen LogP contribution in [-0.4, -0.2) is 65.1 Å². The fourth-order valence-corrected chi connectivity index (χ4v) is 2.38. The Hall–Kier alpha value is -0.860. The molecule has 20 heavy (non-hydrogen) atoms. The number of likely N-dealkylation sites (tertiary alicyclic amines) is 1. The molecule has 1 unspecified atom stereocenters. The zero-order valence-electron chi connectivity index (χ0n) is 11.4. The summed E-state index contributed by atoms with van der Waals surface area (Å²) in [4.78, 5) is 12.9. The Morgan fingerprint density at radius 1 is 1.45 bits per heavy atom. The van der Waals surface area contributed by atoms with Crippen LogP contribution in [0, 0.1) is 0 Å². The Kier molecular flexibility index (Phi) is 6.22. The summed E-state index contributed by atoms with van der Waals surface area (Å²) in [6, 6.07) is -1.18. The second kappa shape index (κ2) is 7.24. The molecular formula is C12H21F3N2O3. The first kappa shape index (κ1) is 17.2. The third-order valence-corrected chi connectivity index (χ3v) is 3.47. The third-order valence-electron chi connectivity index (χ3n) is 3.47. The highest BCUT2D eigenvalue weighted by molar-refractivity contribution is 5.76. The van der Waals surface area contributed by atoms with Gasteiger partial charge in [-0.25, -0.2) is 0 Å². The standard InChI is InChI=1S/C12H21F3N2O3/c1-2-10(19)16-8-6-17(9(7-18)11(8)20)5-3-4-12(13,14)15/h8-9,11,18,20H,2-7H2,1H3,(H,16,19)/t8?,9-,11+/m0/s1. The highest BCUT2D eigenvalue weighted by atomic mass is 19.4. The number of aliphatic hydroxyl groups is 2. The molecule has 0 bridgehead atoms. The average molecular weight is 298 g/mol. The second-order valence-electron chi connectivity index (χ2n) is 4.98. The normalized spacial score (nSPS) is 27.8. The summed E-state index contributed by atoms with van der Waals surface area (Å²) in [5.41, 5.74) is 0. The van der Waals surface area contributed by atoms with E-state index in [1.807, 2.05) is 0 Å². The number of carbonyl (C=O) groups is 1. The van der Waals surface area contributed by atoms with Crippen LogP contribution in [0.5, 0.6) is 0 Å². The van der Waals surface area contributed by atoms with Gasteiger partial charge in [0.05, 0.1) is 24.8 Å². The van der Waals surface area contributed by atoms with Gasteiger partial charge in [-0.05, 0) is 13.0 Å². The van der Waals surface area contributed by atoms with Crippen LogP contribution in [0.25, 0.3) is 0 Å². The van der Waals surface area contributed by atoms with Crippen molar-refractivity contribution in [2.45, 2.75) is 50.6 Å². The van der Waals surface area contributed by atoms with E-state index in [9.17, 15) is 28.2 Å². The number of hydrogen-bond acceptors (Lipinski definition) is 4. The maximum absolute atomic E-state index is 12.1. The fourth-order valence-electron chi connectivity index (χ4n) is 2.38. The number of carbonyl (C=O) groups excluding carboxylic acids is 1. The van der Waals surface area contributed by atoms with Crippen molar-refractivity contribution in [2.75, 3.05) is 19.7 Å². The lowest BCUT2D eigenvalue weighted by molar-refractivity contribution is -0.136. The molecule has 0 saturated carbocycles. The summed E-state index contributed by atoms with van der Waals surface area (Å²) in [6.07, 6.45) is -5.91. The molecule has 0 spiro atoms. The first-order chi connectivity index (χ1) is 9.28. The molecule has 1 fully saturated rings. The predicted molar refractivity (Wildman–Crippen MR) is 66.0 cm³/mol. The van der Waals surface area contributed by atoms with E-state index in [2.05, 4.69) is 5.32 Å². The topological polar surface area (TPSA) is 72.8 Å². The van der Waals surface area contributed by atoms with Crippen molar-refractivity contribution in [3.63, 3.8) is 0 Å². The highest BCUT2D eigenvalue weighted by Crippen LogP contribution is 2.24. The molecule has 118 valence electrons. The van der Waals surface area contributed by atoms with E-state index in [1.54, 1.807) is 11.8 Å². The minimum absolute atomic E-state index is 0.0961. The zero-order chi connectivity index (χ0) is 15.3. The van der Waals surface area contributed by atoms with Crippen molar-refractivity contribution in [3.05, 3.63) is 0 Å². The molecule has 0 aliphatic carbocycles. The summed E-state index contributed by atoms with van der Waals surface area (Å²) < 4.78 is 36.3. The Balaban J connectivity index is 2.52. The molecule has 0 aromatic heterocycles. The number of amides is 1. The maximum Gasteiger partial charge on any atom is 0.389 e. The van der Waals surface area contributed by atoms with Gasteiger partial charge in [0.2, 0.25) is 5.91 Å². The van der Waals surface area contributed by atoms with E-state index in [-0.39, 0.29) is 38.4 Å². The summed E-state index contributed by atoms with van der Waals surface area (Å²) in [7, 11) is 0. The average Bonchev–Trinajstić information content (AvgIpc) is 2.64. The SMILES string of the molecule is CCC(=O)NC1CN(CCCC(F)(F)F)[C@@H](CO)[C@@H]1O. The van der Waals surface area contributed by atoms with Gasteiger partial charge in [-0.15, -0.1) is 0 Å². The molecule has 0 radical (unpaired) electrons. The second-order valence-corrected chi connectivity index (χ2v) is 4.98. The fraction of sp³-hybridized carbons (Fsp3) is 0.917. The van der Waals surface area contributed by atoms with Crippen LogP contribution in [0.4, 0.5) is 13.2 Å². The smallest absolute Gasteiger partial charge is 0.389 e. The van der Waals surface area contributed by atoms with Crippen molar-refractivity contribution in [2.24, 2.45) is 0 Å². The number of hydrogen-bond donors (Lipinski definition) is 3. The van der Waals surface area contributed by atoms with E-state index in [4.69, 9.17) is 0 Å². The summed E-state index contributed by atoms with van der Waals surface area (Å²) in [5, 5.41) is 21.8. The molecule has 1 saturated heterocycles. The lowest BCUT2D eigenvalue weighted by Gasteiger charge is -2.23. The first-order valence-electron chi connectivity index (χ1n) is 6.67. The van der Waals surface area contributed by atoms with Crippen molar-refractivity contribution < 1.29 is 28.2 Å². The molecule has 1 aliphatic rings. The largest absolute Gasteiger partial charge is 0.395 e. The molecule has 5 nitrogen and oxygen atoms in total. The Labute approximate surface area is 115 Å². The van der Waals surface area contributed by atoms with Crippen molar-refractivity contribution in [3.8, 4) is 0 Å². The quantitative estimate of drug-likeness (QED) is 0.658. The van der Waals surface area contributed by atoms with Crippen LogP contribution in [0.1, 0.15) is 26.2 Å². The van der Waals surface area contributed by atoms with E-state index in [0.29, 0.717) is 0 Å². The van der Waals surface area contributed by atoms with E-state index < -0.39 is 30.8 Å². The minimum atomic E-state index is -4.21. The van der Waals surface area contributed by atoms with Gasteiger partial charge in [0, 0.05) is 19.4 Å². The number of rotatable bonds is 6. The van der Waals surface area contributed by atoms with Crippen LogP contribution in [0.2, 0.25) is 0 Å². The molecule has 3 atom stereocenters. The lowest BCUT2D eigenvalue weighted by atomic mass is 10.1. The van der Waals surface area contributed by atoms with Crippen LogP contribution in [0.3, 0.4) is 0 Å².